The van der Waals surface area contributed by atoms with E-state index in [0.717, 1.165) is 22.9 Å². The molecule has 0 saturated carbocycles. The van der Waals surface area contributed by atoms with Gasteiger partial charge in [0.25, 0.3) is 5.56 Å². The number of ether oxygens (including phenoxy) is 1. The van der Waals surface area contributed by atoms with Crippen molar-refractivity contribution in [3.63, 3.8) is 0 Å². The van der Waals surface area contributed by atoms with Gasteiger partial charge in [-0.25, -0.2) is 9.78 Å². The van der Waals surface area contributed by atoms with E-state index >= 15 is 0 Å². The molecule has 6 rings (SSSR count). The number of hydrogen-bond donors (Lipinski definition) is 1. The van der Waals surface area contributed by atoms with Crippen molar-refractivity contribution in [2.24, 2.45) is 0 Å². The average Bonchev–Trinajstić information content (AvgIpc) is 3.66. The van der Waals surface area contributed by atoms with E-state index in [1.807, 2.05) is 78.2 Å². The Bertz CT molecular complexity index is 2040. The Balaban J connectivity index is 1.33. The molecule has 1 N–H and O–H groups in total. The summed E-state index contributed by atoms with van der Waals surface area (Å²) in [6, 6.07) is 26.2. The predicted molar refractivity (Wildman–Crippen MR) is 181 cm³/mol. The molecule has 220 valence electrons. The van der Waals surface area contributed by atoms with E-state index in [2.05, 4.69) is 5.32 Å². The molecule has 0 aliphatic heterocycles. The van der Waals surface area contributed by atoms with Gasteiger partial charge >= 0.3 is 5.97 Å². The van der Waals surface area contributed by atoms with E-state index in [1.54, 1.807) is 29.0 Å². The lowest BCUT2D eigenvalue weighted by molar-refractivity contribution is -0.113. The van der Waals surface area contributed by atoms with E-state index in [0.29, 0.717) is 42.2 Å². The summed E-state index contributed by atoms with van der Waals surface area (Å²) in [5.41, 5.74) is 3.68. The molecule has 0 saturated heterocycles. The van der Waals surface area contributed by atoms with E-state index in [1.165, 1.54) is 22.7 Å². The van der Waals surface area contributed by atoms with Crippen molar-refractivity contribution in [2.45, 2.75) is 12.1 Å². The van der Waals surface area contributed by atoms with Crippen LogP contribution >= 0.6 is 46.0 Å². The second-order valence-corrected chi connectivity index (χ2v) is 12.5. The fourth-order valence-corrected chi connectivity index (χ4v) is 7.73. The molecule has 0 fully saturated rings. The number of nitrogens with one attached hydrogen (secondary N) is 1. The Morgan fingerprint density at radius 2 is 1.59 bits per heavy atom. The van der Waals surface area contributed by atoms with E-state index in [-0.39, 0.29) is 29.4 Å². The summed E-state index contributed by atoms with van der Waals surface area (Å²) < 4.78 is 6.86. The third-order valence-corrected chi connectivity index (χ3v) is 9.73. The van der Waals surface area contributed by atoms with Crippen LogP contribution in [0.5, 0.6) is 0 Å². The summed E-state index contributed by atoms with van der Waals surface area (Å²) in [7, 11) is 0. The van der Waals surface area contributed by atoms with Crippen LogP contribution < -0.4 is 10.9 Å². The highest BCUT2D eigenvalue weighted by molar-refractivity contribution is 7.99. The maximum Gasteiger partial charge on any atom is 0.341 e. The molecular formula is C33H24ClN3O4S3. The lowest BCUT2D eigenvalue weighted by atomic mass is 10.0. The number of carbonyl (C=O) groups excluding carboxylic acids is 2. The van der Waals surface area contributed by atoms with Gasteiger partial charge in [0.15, 0.2) is 5.16 Å². The molecule has 0 radical (unpaired) electrons. The third-order valence-electron chi connectivity index (χ3n) is 6.70. The number of carbonyl (C=O) groups is 2. The number of halogens is 1. The van der Waals surface area contributed by atoms with Gasteiger partial charge in [0.05, 0.1) is 23.4 Å². The van der Waals surface area contributed by atoms with Crippen LogP contribution in [0, 0.1) is 0 Å². The molecule has 0 bridgehead atoms. The Kier molecular flexibility index (Phi) is 8.94. The quantitative estimate of drug-likeness (QED) is 0.0954. The molecule has 3 aromatic carbocycles. The van der Waals surface area contributed by atoms with Gasteiger partial charge in [0.1, 0.15) is 15.4 Å². The van der Waals surface area contributed by atoms with Crippen molar-refractivity contribution >= 4 is 73.1 Å². The molecule has 0 aliphatic rings. The molecule has 1 amide bonds. The summed E-state index contributed by atoms with van der Waals surface area (Å²) in [5, 5.41) is 8.34. The lowest BCUT2D eigenvalue weighted by Gasteiger charge is -2.13. The monoisotopic (exact) mass is 657 g/mol. The van der Waals surface area contributed by atoms with E-state index in [4.69, 9.17) is 21.3 Å². The number of thiophene rings is 2. The van der Waals surface area contributed by atoms with Gasteiger partial charge in [0, 0.05) is 32.5 Å². The van der Waals surface area contributed by atoms with Crippen LogP contribution in [0.2, 0.25) is 5.02 Å². The maximum absolute atomic E-state index is 14.0. The largest absolute Gasteiger partial charge is 0.462 e. The Morgan fingerprint density at radius 3 is 2.32 bits per heavy atom. The predicted octanol–water partition coefficient (Wildman–Crippen LogP) is 8.40. The number of anilines is 1. The normalized spacial score (nSPS) is 11.0. The molecule has 7 nitrogen and oxygen atoms in total. The number of esters is 1. The lowest BCUT2D eigenvalue weighted by Crippen LogP contribution is -2.23. The standard InChI is InChI=1S/C33H24ClN3O4S3/c1-2-41-32(40)28-24(22-15-9-10-16-25(22)34)18-43-30(28)35-26(38)19-44-33-36-29-27(23(17-42-29)20-11-5-3-6-12-20)31(39)37(33)21-13-7-4-8-14-21/h3-18H,2,19H2,1H3,(H,35,38). The second-order valence-electron chi connectivity index (χ2n) is 9.46. The summed E-state index contributed by atoms with van der Waals surface area (Å²) in [6.07, 6.45) is 0. The fourth-order valence-electron chi connectivity index (χ4n) is 4.73. The summed E-state index contributed by atoms with van der Waals surface area (Å²) >= 11 is 10.2. The van der Waals surface area contributed by atoms with Crippen LogP contribution in [-0.4, -0.2) is 33.8 Å². The Labute approximate surface area is 270 Å². The van der Waals surface area contributed by atoms with Crippen LogP contribution in [0.1, 0.15) is 17.3 Å². The minimum Gasteiger partial charge on any atom is -0.462 e. The highest BCUT2D eigenvalue weighted by Crippen LogP contribution is 2.39. The maximum atomic E-state index is 14.0. The smallest absolute Gasteiger partial charge is 0.341 e. The first-order valence-electron chi connectivity index (χ1n) is 13.6. The van der Waals surface area contributed by atoms with Gasteiger partial charge in [-0.15, -0.1) is 22.7 Å². The molecule has 3 heterocycles. The van der Waals surface area contributed by atoms with Crippen LogP contribution in [0.25, 0.3) is 38.2 Å². The number of nitrogens with zero attached hydrogens (tertiary/aromatic N) is 2. The fraction of sp³-hybridized carbons (Fsp3) is 0.0909. The molecular weight excluding hydrogens is 634 g/mol. The Morgan fingerprint density at radius 1 is 0.909 bits per heavy atom. The minimum absolute atomic E-state index is 0.0523. The van der Waals surface area contributed by atoms with Crippen molar-refractivity contribution in [1.29, 1.82) is 0 Å². The number of rotatable bonds is 9. The number of hydrogen-bond acceptors (Lipinski definition) is 8. The number of benzene rings is 3. The van der Waals surface area contributed by atoms with Crippen LogP contribution in [-0.2, 0) is 9.53 Å². The zero-order valence-electron chi connectivity index (χ0n) is 23.3. The first-order valence-corrected chi connectivity index (χ1v) is 16.7. The molecule has 0 atom stereocenters. The minimum atomic E-state index is -0.552. The van der Waals surface area contributed by atoms with Gasteiger partial charge in [-0.3, -0.25) is 14.2 Å². The summed E-state index contributed by atoms with van der Waals surface area (Å²) in [5.74, 6) is -0.967. The molecule has 44 heavy (non-hydrogen) atoms. The van der Waals surface area contributed by atoms with Gasteiger partial charge in [-0.05, 0) is 30.7 Å². The van der Waals surface area contributed by atoms with E-state index in [9.17, 15) is 14.4 Å². The highest BCUT2D eigenvalue weighted by Gasteiger charge is 2.25. The molecule has 0 spiro atoms. The first kappa shape index (κ1) is 29.8. The zero-order chi connectivity index (χ0) is 30.6. The number of amides is 1. The summed E-state index contributed by atoms with van der Waals surface area (Å²) in [6.45, 7) is 1.90. The molecule has 11 heteroatoms. The van der Waals surface area contributed by atoms with Gasteiger partial charge in [0.2, 0.25) is 5.91 Å². The van der Waals surface area contributed by atoms with Crippen LogP contribution in [0.15, 0.2) is 106 Å². The molecule has 0 aliphatic carbocycles. The third kappa shape index (κ3) is 5.94. The van der Waals surface area contributed by atoms with Gasteiger partial charge in [-0.1, -0.05) is 90.1 Å². The molecule has 0 unspecified atom stereocenters. The first-order chi connectivity index (χ1) is 21.5. The number of para-hydroxylation sites is 1. The van der Waals surface area contributed by atoms with Crippen molar-refractivity contribution < 1.29 is 14.3 Å². The van der Waals surface area contributed by atoms with Crippen molar-refractivity contribution in [3.05, 3.63) is 117 Å². The van der Waals surface area contributed by atoms with E-state index < -0.39 is 5.97 Å². The summed E-state index contributed by atoms with van der Waals surface area (Å²) in [4.78, 5) is 45.8. The van der Waals surface area contributed by atoms with Crippen molar-refractivity contribution in [1.82, 2.24) is 9.55 Å². The topological polar surface area (TPSA) is 90.3 Å². The highest BCUT2D eigenvalue weighted by atomic mass is 35.5. The zero-order valence-corrected chi connectivity index (χ0v) is 26.5. The molecule has 6 aromatic rings. The van der Waals surface area contributed by atoms with Crippen molar-refractivity contribution in [3.8, 4) is 27.9 Å². The van der Waals surface area contributed by atoms with Gasteiger partial charge < -0.3 is 10.1 Å². The SMILES string of the molecule is CCOC(=O)c1c(-c2ccccc2Cl)csc1NC(=O)CSc1nc2scc(-c3ccccc3)c2c(=O)n1-c1ccccc1. The number of fused-ring (bicyclic) bond motifs is 1. The van der Waals surface area contributed by atoms with Gasteiger partial charge in [-0.2, -0.15) is 0 Å². The number of thioether (sulfide) groups is 1. The average molecular weight is 658 g/mol. The van der Waals surface area contributed by atoms with Crippen LogP contribution in [0.3, 0.4) is 0 Å². The Hall–Kier alpha value is -4.22. The molecule has 3 aromatic heterocycles. The van der Waals surface area contributed by atoms with Crippen molar-refractivity contribution in [2.75, 3.05) is 17.7 Å². The number of aromatic nitrogens is 2. The van der Waals surface area contributed by atoms with Crippen LogP contribution in [0.4, 0.5) is 5.00 Å². The second kappa shape index (κ2) is 13.2.